The van der Waals surface area contributed by atoms with Gasteiger partial charge in [-0.2, -0.15) is 5.10 Å². The zero-order valence-electron chi connectivity index (χ0n) is 18.3. The van der Waals surface area contributed by atoms with Crippen molar-refractivity contribution in [2.75, 3.05) is 7.11 Å². The first-order valence-corrected chi connectivity index (χ1v) is 10.8. The molecule has 0 unspecified atom stereocenters. The molecule has 0 saturated heterocycles. The SMILES string of the molecule is COc1ccc(-c2ccc(-n3ncc(CNCc4ccncc4)c3-c3ccco3)cc2)cc1. The van der Waals surface area contributed by atoms with E-state index >= 15 is 0 Å². The maximum atomic E-state index is 5.75. The quantitative estimate of drug-likeness (QED) is 0.348. The number of furan rings is 1. The van der Waals surface area contributed by atoms with Crippen LogP contribution in [-0.4, -0.2) is 21.9 Å². The highest BCUT2D eigenvalue weighted by molar-refractivity contribution is 5.67. The summed E-state index contributed by atoms with van der Waals surface area (Å²) in [5, 5.41) is 8.18. The van der Waals surface area contributed by atoms with Gasteiger partial charge in [-0.15, -0.1) is 0 Å². The fourth-order valence-electron chi connectivity index (χ4n) is 3.80. The minimum absolute atomic E-state index is 0.669. The van der Waals surface area contributed by atoms with Crippen molar-refractivity contribution in [3.63, 3.8) is 0 Å². The Bertz CT molecular complexity index is 1290. The van der Waals surface area contributed by atoms with Gasteiger partial charge < -0.3 is 14.5 Å². The number of hydrogen-bond acceptors (Lipinski definition) is 5. The zero-order valence-corrected chi connectivity index (χ0v) is 18.3. The summed E-state index contributed by atoms with van der Waals surface area (Å²) in [6.45, 7) is 1.42. The van der Waals surface area contributed by atoms with Crippen LogP contribution in [0.25, 0.3) is 28.3 Å². The fraction of sp³-hybridized carbons (Fsp3) is 0.111. The van der Waals surface area contributed by atoms with Crippen molar-refractivity contribution in [2.45, 2.75) is 13.1 Å². The molecule has 0 amide bonds. The van der Waals surface area contributed by atoms with E-state index in [4.69, 9.17) is 9.15 Å². The fourth-order valence-corrected chi connectivity index (χ4v) is 3.80. The number of ether oxygens (including phenoxy) is 1. The van der Waals surface area contributed by atoms with Crippen molar-refractivity contribution < 1.29 is 9.15 Å². The summed E-state index contributed by atoms with van der Waals surface area (Å²) in [6, 6.07) is 24.3. The summed E-state index contributed by atoms with van der Waals surface area (Å²) >= 11 is 0. The minimum Gasteiger partial charge on any atom is -0.497 e. The Hall–Kier alpha value is -4.16. The van der Waals surface area contributed by atoms with Gasteiger partial charge >= 0.3 is 0 Å². The normalized spacial score (nSPS) is 10.9. The van der Waals surface area contributed by atoms with Crippen LogP contribution in [0, 0.1) is 0 Å². The van der Waals surface area contributed by atoms with Crippen LogP contribution in [0.3, 0.4) is 0 Å². The lowest BCUT2D eigenvalue weighted by Gasteiger charge is -2.10. The van der Waals surface area contributed by atoms with E-state index in [1.165, 1.54) is 5.56 Å². The smallest absolute Gasteiger partial charge is 0.152 e. The summed E-state index contributed by atoms with van der Waals surface area (Å²) in [4.78, 5) is 4.07. The highest BCUT2D eigenvalue weighted by Crippen LogP contribution is 2.29. The molecule has 1 N–H and O–H groups in total. The van der Waals surface area contributed by atoms with E-state index in [-0.39, 0.29) is 0 Å². The topological polar surface area (TPSA) is 65.1 Å². The minimum atomic E-state index is 0.669. The molecule has 0 aliphatic heterocycles. The van der Waals surface area contributed by atoms with Gasteiger partial charge in [0.15, 0.2) is 5.76 Å². The molecule has 0 aliphatic carbocycles. The van der Waals surface area contributed by atoms with Gasteiger partial charge in [0.1, 0.15) is 11.4 Å². The molecule has 6 heteroatoms. The molecule has 0 spiro atoms. The Morgan fingerprint density at radius 3 is 2.27 bits per heavy atom. The summed E-state index contributed by atoms with van der Waals surface area (Å²) in [7, 11) is 1.67. The first kappa shape index (κ1) is 20.7. The van der Waals surface area contributed by atoms with Crippen LogP contribution in [0.4, 0.5) is 0 Å². The largest absolute Gasteiger partial charge is 0.497 e. The van der Waals surface area contributed by atoms with Crippen LogP contribution in [0.1, 0.15) is 11.1 Å². The number of nitrogens with zero attached hydrogens (tertiary/aromatic N) is 3. The van der Waals surface area contributed by atoms with Crippen LogP contribution in [0.15, 0.2) is 102 Å². The number of nitrogens with one attached hydrogen (secondary N) is 1. The molecule has 3 aromatic heterocycles. The molecule has 6 nitrogen and oxygen atoms in total. The van der Waals surface area contributed by atoms with Gasteiger partial charge in [0.25, 0.3) is 0 Å². The summed E-state index contributed by atoms with van der Waals surface area (Å²) in [5.41, 5.74) is 6.44. The van der Waals surface area contributed by atoms with Crippen molar-refractivity contribution in [1.82, 2.24) is 20.1 Å². The van der Waals surface area contributed by atoms with Gasteiger partial charge in [0.05, 0.1) is 25.3 Å². The zero-order chi connectivity index (χ0) is 22.5. The van der Waals surface area contributed by atoms with Crippen LogP contribution >= 0.6 is 0 Å². The predicted octanol–water partition coefficient (Wildman–Crippen LogP) is 5.49. The highest BCUT2D eigenvalue weighted by Gasteiger charge is 2.16. The van der Waals surface area contributed by atoms with Crippen LogP contribution in [0.5, 0.6) is 5.75 Å². The standard InChI is InChI=1S/C27H24N4O2/c1-32-25-10-6-22(7-11-25)21-4-8-24(9-5-21)31-27(26-3-2-16-33-26)23(19-30-31)18-29-17-20-12-14-28-15-13-20/h2-16,19,29H,17-18H2,1H3. The van der Waals surface area contributed by atoms with Crippen LogP contribution < -0.4 is 10.1 Å². The van der Waals surface area contributed by atoms with E-state index in [0.717, 1.165) is 46.1 Å². The lowest BCUT2D eigenvalue weighted by Crippen LogP contribution is -2.13. The molecule has 164 valence electrons. The van der Waals surface area contributed by atoms with Crippen molar-refractivity contribution in [1.29, 1.82) is 0 Å². The lowest BCUT2D eigenvalue weighted by molar-refractivity contribution is 0.415. The van der Waals surface area contributed by atoms with Crippen molar-refractivity contribution >= 4 is 0 Å². The molecular formula is C27H24N4O2. The second-order valence-corrected chi connectivity index (χ2v) is 7.64. The molecule has 3 heterocycles. The average molecular weight is 437 g/mol. The highest BCUT2D eigenvalue weighted by atomic mass is 16.5. The maximum absolute atomic E-state index is 5.75. The van der Waals surface area contributed by atoms with Crippen LogP contribution in [-0.2, 0) is 13.1 Å². The van der Waals surface area contributed by atoms with Gasteiger partial charge in [-0.05, 0) is 65.2 Å². The van der Waals surface area contributed by atoms with Gasteiger partial charge in [-0.25, -0.2) is 4.68 Å². The van der Waals surface area contributed by atoms with Crippen molar-refractivity contribution in [3.8, 4) is 34.0 Å². The van der Waals surface area contributed by atoms with Crippen molar-refractivity contribution in [3.05, 3.63) is 109 Å². The van der Waals surface area contributed by atoms with E-state index in [1.807, 2.05) is 47.3 Å². The summed E-state index contributed by atoms with van der Waals surface area (Å²) in [5.74, 6) is 1.63. The molecule has 33 heavy (non-hydrogen) atoms. The summed E-state index contributed by atoms with van der Waals surface area (Å²) < 4.78 is 12.9. The Kier molecular flexibility index (Phi) is 5.99. The Balaban J connectivity index is 1.40. The van der Waals surface area contributed by atoms with E-state index in [1.54, 1.807) is 25.8 Å². The molecule has 0 aliphatic rings. The molecule has 0 atom stereocenters. The second kappa shape index (κ2) is 9.54. The Morgan fingerprint density at radius 1 is 0.879 bits per heavy atom. The third-order valence-electron chi connectivity index (χ3n) is 5.53. The lowest BCUT2D eigenvalue weighted by atomic mass is 10.1. The third-order valence-corrected chi connectivity index (χ3v) is 5.53. The van der Waals surface area contributed by atoms with E-state index in [2.05, 4.69) is 51.8 Å². The first-order valence-electron chi connectivity index (χ1n) is 10.8. The van der Waals surface area contributed by atoms with Gasteiger partial charge in [0, 0.05) is 31.0 Å². The van der Waals surface area contributed by atoms with E-state index in [0.29, 0.717) is 6.54 Å². The number of methoxy groups -OCH3 is 1. The number of pyridine rings is 1. The van der Waals surface area contributed by atoms with E-state index in [9.17, 15) is 0 Å². The van der Waals surface area contributed by atoms with E-state index < -0.39 is 0 Å². The molecule has 5 aromatic rings. The third kappa shape index (κ3) is 4.56. The number of aromatic nitrogens is 3. The number of hydrogen-bond donors (Lipinski definition) is 1. The van der Waals surface area contributed by atoms with Gasteiger partial charge in [-0.3, -0.25) is 4.98 Å². The molecular weight excluding hydrogens is 412 g/mol. The molecule has 5 rings (SSSR count). The maximum Gasteiger partial charge on any atom is 0.152 e. The molecule has 0 fully saturated rings. The van der Waals surface area contributed by atoms with Gasteiger partial charge in [-0.1, -0.05) is 24.3 Å². The second-order valence-electron chi connectivity index (χ2n) is 7.64. The molecule has 0 radical (unpaired) electrons. The monoisotopic (exact) mass is 436 g/mol. The molecule has 0 bridgehead atoms. The average Bonchev–Trinajstić information content (AvgIpc) is 3.55. The van der Waals surface area contributed by atoms with Gasteiger partial charge in [0.2, 0.25) is 0 Å². The van der Waals surface area contributed by atoms with Crippen LogP contribution in [0.2, 0.25) is 0 Å². The molecule has 0 saturated carbocycles. The number of benzene rings is 2. The first-order chi connectivity index (χ1) is 16.3. The Labute approximate surface area is 192 Å². The number of rotatable bonds is 8. The van der Waals surface area contributed by atoms with Crippen molar-refractivity contribution in [2.24, 2.45) is 0 Å². The molecule has 2 aromatic carbocycles. The predicted molar refractivity (Wildman–Crippen MR) is 128 cm³/mol. The summed E-state index contributed by atoms with van der Waals surface area (Å²) in [6.07, 6.45) is 7.19. The Morgan fingerprint density at radius 2 is 1.61 bits per heavy atom.